The van der Waals surface area contributed by atoms with Crippen molar-refractivity contribution in [2.45, 2.75) is 70.3 Å². The molecule has 0 heterocycles. The molecule has 0 aliphatic heterocycles. The first kappa shape index (κ1) is 21.5. The number of fused-ring (bicyclic) bond motifs is 4. The Morgan fingerprint density at radius 3 is 2.72 bits per heavy atom. The molecule has 1 aromatic carbocycles. The third-order valence-electron chi connectivity index (χ3n) is 9.01. The SMILES string of the molecule is CC#C[C@]1(O)CC[C@@H]2[C@@H]3CCC4=CC(=O)CCC4=C3[C@H](c3cccc(N(C)C)c3)C[C@@]21C. The van der Waals surface area contributed by atoms with Crippen LogP contribution in [0.2, 0.25) is 0 Å². The van der Waals surface area contributed by atoms with E-state index in [0.717, 1.165) is 38.5 Å². The van der Waals surface area contributed by atoms with E-state index in [1.807, 2.05) is 13.0 Å². The number of carbonyl (C=O) groups is 1. The van der Waals surface area contributed by atoms with Gasteiger partial charge in [-0.05, 0) is 92.2 Å². The molecule has 5 rings (SSSR count). The van der Waals surface area contributed by atoms with Crippen LogP contribution in [0.1, 0.15) is 70.3 Å². The highest BCUT2D eigenvalue weighted by atomic mass is 16.3. The van der Waals surface area contributed by atoms with Crippen LogP contribution >= 0.6 is 0 Å². The quantitative estimate of drug-likeness (QED) is 0.640. The molecule has 0 bridgehead atoms. The van der Waals surface area contributed by atoms with E-state index in [2.05, 4.69) is 62.0 Å². The van der Waals surface area contributed by atoms with Crippen LogP contribution in [0.25, 0.3) is 0 Å². The van der Waals surface area contributed by atoms with Gasteiger partial charge in [0.15, 0.2) is 5.78 Å². The fraction of sp³-hybridized carbons (Fsp3) is 0.552. The highest BCUT2D eigenvalue weighted by Gasteiger charge is 2.62. The maximum absolute atomic E-state index is 12.2. The fourth-order valence-electron chi connectivity index (χ4n) is 7.40. The molecule has 0 amide bonds. The number of nitrogens with zero attached hydrogens (tertiary/aromatic N) is 1. The highest BCUT2D eigenvalue weighted by molar-refractivity contribution is 5.93. The number of hydrogen-bond acceptors (Lipinski definition) is 3. The monoisotopic (exact) mass is 429 g/mol. The molecule has 4 aliphatic carbocycles. The summed E-state index contributed by atoms with van der Waals surface area (Å²) in [6.07, 6.45) is 8.22. The van der Waals surface area contributed by atoms with Gasteiger partial charge in [0.05, 0.1) is 0 Å². The largest absolute Gasteiger partial charge is 0.378 e. The Morgan fingerprint density at radius 2 is 1.97 bits per heavy atom. The molecule has 0 spiro atoms. The summed E-state index contributed by atoms with van der Waals surface area (Å²) in [5, 5.41) is 11.8. The summed E-state index contributed by atoms with van der Waals surface area (Å²) in [6.45, 7) is 4.15. The lowest BCUT2D eigenvalue weighted by Crippen LogP contribution is -2.51. The van der Waals surface area contributed by atoms with Crippen molar-refractivity contribution in [1.82, 2.24) is 0 Å². The van der Waals surface area contributed by atoms with Crippen LogP contribution in [0, 0.1) is 29.1 Å². The second-order valence-electron chi connectivity index (χ2n) is 10.8. The maximum atomic E-state index is 12.2. The van der Waals surface area contributed by atoms with Gasteiger partial charge in [-0.1, -0.05) is 30.6 Å². The molecule has 3 nitrogen and oxygen atoms in total. The van der Waals surface area contributed by atoms with Gasteiger partial charge >= 0.3 is 0 Å². The average Bonchev–Trinajstić information content (AvgIpc) is 3.03. The van der Waals surface area contributed by atoms with E-state index >= 15 is 0 Å². The standard InChI is InChI=1S/C29H35NO2/c1-5-14-29(32)15-13-26-24-11-9-20-17-22(31)10-12-23(20)27(24)25(18-28(26,29)2)19-7-6-8-21(16-19)30(3)4/h6-8,16-17,24-26,32H,9-13,15,18H2,1-4H3/t24-,25-,26+,28-,29-/m0/s1. The van der Waals surface area contributed by atoms with Crippen molar-refractivity contribution in [3.63, 3.8) is 0 Å². The lowest BCUT2D eigenvalue weighted by molar-refractivity contribution is -0.114. The average molecular weight is 430 g/mol. The molecule has 2 saturated carbocycles. The molecule has 0 aromatic heterocycles. The molecule has 32 heavy (non-hydrogen) atoms. The first-order chi connectivity index (χ1) is 15.3. The predicted octanol–water partition coefficient (Wildman–Crippen LogP) is 5.41. The molecule has 4 aliphatic rings. The summed E-state index contributed by atoms with van der Waals surface area (Å²) in [4.78, 5) is 14.3. The molecular weight excluding hydrogens is 394 g/mol. The van der Waals surface area contributed by atoms with Crippen molar-refractivity contribution < 1.29 is 9.90 Å². The second-order valence-corrected chi connectivity index (χ2v) is 10.8. The lowest BCUT2D eigenvalue weighted by Gasteiger charge is -2.53. The highest BCUT2D eigenvalue weighted by Crippen LogP contribution is 2.66. The van der Waals surface area contributed by atoms with Gasteiger partial charge in [0.2, 0.25) is 0 Å². The normalized spacial score (nSPS) is 35.8. The summed E-state index contributed by atoms with van der Waals surface area (Å²) >= 11 is 0. The Hall–Kier alpha value is -2.31. The molecule has 1 aromatic rings. The van der Waals surface area contributed by atoms with Crippen LogP contribution in [0.5, 0.6) is 0 Å². The minimum atomic E-state index is -0.918. The van der Waals surface area contributed by atoms with Crippen molar-refractivity contribution in [2.24, 2.45) is 17.3 Å². The van der Waals surface area contributed by atoms with E-state index < -0.39 is 5.60 Å². The number of benzene rings is 1. The summed E-state index contributed by atoms with van der Waals surface area (Å²) in [6, 6.07) is 8.91. The smallest absolute Gasteiger partial charge is 0.156 e. The molecule has 1 N–H and O–H groups in total. The minimum Gasteiger partial charge on any atom is -0.378 e. The van der Waals surface area contributed by atoms with Gasteiger partial charge in [0.25, 0.3) is 0 Å². The van der Waals surface area contributed by atoms with E-state index in [0.29, 0.717) is 18.3 Å². The van der Waals surface area contributed by atoms with Gasteiger partial charge in [-0.3, -0.25) is 4.79 Å². The number of rotatable bonds is 2. The van der Waals surface area contributed by atoms with Crippen molar-refractivity contribution in [1.29, 1.82) is 0 Å². The van der Waals surface area contributed by atoms with Gasteiger partial charge < -0.3 is 10.0 Å². The van der Waals surface area contributed by atoms with E-state index in [4.69, 9.17) is 0 Å². The zero-order valence-corrected chi connectivity index (χ0v) is 19.9. The molecule has 5 atom stereocenters. The zero-order chi connectivity index (χ0) is 22.7. The number of ketones is 1. The van der Waals surface area contributed by atoms with Gasteiger partial charge in [-0.15, -0.1) is 5.92 Å². The Balaban J connectivity index is 1.70. The topological polar surface area (TPSA) is 40.5 Å². The van der Waals surface area contributed by atoms with E-state index in [-0.39, 0.29) is 17.1 Å². The number of carbonyl (C=O) groups excluding carboxylic acids is 1. The first-order valence-electron chi connectivity index (χ1n) is 12.2. The second kappa shape index (κ2) is 7.63. The number of anilines is 1. The van der Waals surface area contributed by atoms with Crippen LogP contribution in [0.4, 0.5) is 5.69 Å². The number of aliphatic hydroxyl groups is 1. The number of allylic oxidation sites excluding steroid dienone is 4. The molecular formula is C29H35NO2. The molecule has 0 radical (unpaired) electrons. The lowest BCUT2D eigenvalue weighted by atomic mass is 9.51. The van der Waals surface area contributed by atoms with Crippen LogP contribution in [-0.4, -0.2) is 30.6 Å². The number of hydrogen-bond donors (Lipinski definition) is 1. The zero-order valence-electron chi connectivity index (χ0n) is 19.9. The molecule has 0 saturated heterocycles. The van der Waals surface area contributed by atoms with E-state index in [1.165, 1.54) is 22.4 Å². The van der Waals surface area contributed by atoms with Crippen LogP contribution in [0.3, 0.4) is 0 Å². The van der Waals surface area contributed by atoms with Crippen LogP contribution < -0.4 is 4.90 Å². The van der Waals surface area contributed by atoms with E-state index in [1.54, 1.807) is 5.57 Å². The van der Waals surface area contributed by atoms with Crippen LogP contribution in [-0.2, 0) is 4.79 Å². The molecule has 2 fully saturated rings. The Kier molecular flexibility index (Phi) is 5.13. The van der Waals surface area contributed by atoms with Crippen molar-refractivity contribution in [3.8, 4) is 11.8 Å². The van der Waals surface area contributed by atoms with Gasteiger partial charge in [0, 0.05) is 37.5 Å². The van der Waals surface area contributed by atoms with Crippen LogP contribution in [0.15, 0.2) is 47.1 Å². The third-order valence-corrected chi connectivity index (χ3v) is 9.01. The van der Waals surface area contributed by atoms with Crippen molar-refractivity contribution >= 4 is 11.5 Å². The van der Waals surface area contributed by atoms with Crippen molar-refractivity contribution in [3.05, 3.63) is 52.6 Å². The summed E-state index contributed by atoms with van der Waals surface area (Å²) in [7, 11) is 4.17. The summed E-state index contributed by atoms with van der Waals surface area (Å²) in [5.74, 6) is 7.75. The third kappa shape index (κ3) is 3.11. The molecule has 0 unspecified atom stereocenters. The van der Waals surface area contributed by atoms with Gasteiger partial charge in [-0.2, -0.15) is 0 Å². The minimum absolute atomic E-state index is 0.227. The summed E-state index contributed by atoms with van der Waals surface area (Å²) in [5.41, 5.74) is 5.71. The summed E-state index contributed by atoms with van der Waals surface area (Å²) < 4.78 is 0. The molecule has 168 valence electrons. The Bertz CT molecular complexity index is 1080. The predicted molar refractivity (Wildman–Crippen MR) is 129 cm³/mol. The Morgan fingerprint density at radius 1 is 1.16 bits per heavy atom. The first-order valence-corrected chi connectivity index (χ1v) is 12.2. The maximum Gasteiger partial charge on any atom is 0.156 e. The Labute approximate surface area is 192 Å². The van der Waals surface area contributed by atoms with Gasteiger partial charge in [0.1, 0.15) is 5.60 Å². The van der Waals surface area contributed by atoms with Crippen molar-refractivity contribution in [2.75, 3.05) is 19.0 Å². The fourth-order valence-corrected chi connectivity index (χ4v) is 7.40. The van der Waals surface area contributed by atoms with E-state index in [9.17, 15) is 9.90 Å². The van der Waals surface area contributed by atoms with Gasteiger partial charge in [-0.25, -0.2) is 0 Å². The molecule has 3 heteroatoms.